The molecule has 1 atom stereocenters. The molecule has 0 radical (unpaired) electrons. The van der Waals surface area contributed by atoms with Crippen molar-refractivity contribution in [2.75, 3.05) is 13.1 Å². The number of nitrogens with two attached hydrogens (primary N) is 2. The molecule has 6 N–H and O–H groups in total. The Bertz CT molecular complexity index is 1280. The molecule has 3 aromatic rings. The van der Waals surface area contributed by atoms with Gasteiger partial charge in [0.2, 0.25) is 0 Å². The fourth-order valence-corrected chi connectivity index (χ4v) is 5.11. The molecule has 0 bridgehead atoms. The molecule has 0 fully saturated rings. The Morgan fingerprint density at radius 2 is 1.54 bits per heavy atom. The lowest BCUT2D eigenvalue weighted by Crippen LogP contribution is -2.30. The largest absolute Gasteiger partial charge is 0.490 e. The molecule has 6 nitrogen and oxygen atoms in total. The molecule has 0 spiro atoms. The van der Waals surface area contributed by atoms with Crippen LogP contribution in [0.25, 0.3) is 21.5 Å². The minimum atomic E-state index is -5.08. The summed E-state index contributed by atoms with van der Waals surface area (Å²) in [6.07, 6.45) is 4.93. The number of alkyl halides is 3. The maximum Gasteiger partial charge on any atom is 0.490 e. The topological polar surface area (TPSA) is 118 Å². The number of aliphatic carboxylic acids is 1. The first-order valence-corrected chi connectivity index (χ1v) is 14.5. The SMILES string of the molecule is CCCCCCCCNCc1c2ccccc2c(Cl)c2c(C(=O)[C@@H](N)CCCCN)cccc12.O=C(O)C(F)(F)F. The number of nitrogens with one attached hydrogen (secondary N) is 1. The van der Waals surface area contributed by atoms with Crippen LogP contribution in [-0.2, 0) is 11.3 Å². The molecule has 226 valence electrons. The van der Waals surface area contributed by atoms with E-state index in [0.717, 1.165) is 47.5 Å². The third-order valence-corrected chi connectivity index (χ3v) is 7.31. The first-order chi connectivity index (χ1) is 19.5. The fraction of sp³-hybridized carbons (Fsp3) is 0.484. The summed E-state index contributed by atoms with van der Waals surface area (Å²) in [7, 11) is 0. The van der Waals surface area contributed by atoms with Gasteiger partial charge < -0.3 is 21.9 Å². The molecule has 41 heavy (non-hydrogen) atoms. The van der Waals surface area contributed by atoms with Crippen molar-refractivity contribution in [3.05, 3.63) is 58.6 Å². The van der Waals surface area contributed by atoms with E-state index in [4.69, 9.17) is 33.0 Å². The van der Waals surface area contributed by atoms with Crippen LogP contribution in [0.4, 0.5) is 13.2 Å². The minimum Gasteiger partial charge on any atom is -0.475 e. The maximum absolute atomic E-state index is 13.3. The van der Waals surface area contributed by atoms with E-state index in [-0.39, 0.29) is 5.78 Å². The number of carboxylic acid groups (broad SMARTS) is 1. The summed E-state index contributed by atoms with van der Waals surface area (Å²) in [5.74, 6) is -2.81. The lowest BCUT2D eigenvalue weighted by molar-refractivity contribution is -0.192. The number of unbranched alkanes of at least 4 members (excludes halogenated alkanes) is 6. The standard InChI is InChI=1S/C29H40ClN3O.C2HF3O2/c1-2-3-4-5-6-11-19-33-20-25-21-13-7-8-14-23(21)28(30)27-22(25)15-12-16-24(27)29(34)26(32)17-9-10-18-31;3-2(4,5)1(6)7/h7-8,12-16,26,33H,2-6,9-11,17-20,31-32H2,1H3;(H,6,7)/t26-;/m0./s1. The number of Topliss-reactive ketones (excluding diaryl/α,β-unsaturated/α-hetero) is 1. The Morgan fingerprint density at radius 1 is 0.927 bits per heavy atom. The van der Waals surface area contributed by atoms with Gasteiger partial charge >= 0.3 is 12.1 Å². The average molecular weight is 596 g/mol. The lowest BCUT2D eigenvalue weighted by atomic mass is 9.90. The van der Waals surface area contributed by atoms with Crippen LogP contribution < -0.4 is 16.8 Å². The molecule has 3 rings (SSSR count). The number of ketones is 1. The molecule has 0 aliphatic rings. The highest BCUT2D eigenvalue weighted by molar-refractivity contribution is 6.42. The summed E-state index contributed by atoms with van der Waals surface area (Å²) in [5, 5.41) is 15.3. The normalized spacial score (nSPS) is 12.3. The van der Waals surface area contributed by atoms with Gasteiger partial charge in [-0.25, -0.2) is 4.79 Å². The predicted octanol–water partition coefficient (Wildman–Crippen LogP) is 7.37. The molecule has 0 amide bonds. The molecule has 0 heterocycles. The molecular formula is C31H41ClF3N3O3. The van der Waals surface area contributed by atoms with Crippen molar-refractivity contribution in [3.8, 4) is 0 Å². The number of benzene rings is 3. The smallest absolute Gasteiger partial charge is 0.475 e. The average Bonchev–Trinajstić information content (AvgIpc) is 2.95. The van der Waals surface area contributed by atoms with Gasteiger partial charge in [0, 0.05) is 22.9 Å². The summed E-state index contributed by atoms with van der Waals surface area (Å²) in [4.78, 5) is 22.2. The van der Waals surface area contributed by atoms with Gasteiger partial charge in [-0.2, -0.15) is 13.2 Å². The van der Waals surface area contributed by atoms with Crippen LogP contribution in [0.5, 0.6) is 0 Å². The Balaban J connectivity index is 0.000000745. The van der Waals surface area contributed by atoms with Crippen LogP contribution in [0.3, 0.4) is 0 Å². The molecule has 10 heteroatoms. The number of carbonyl (C=O) groups excluding carboxylic acids is 1. The van der Waals surface area contributed by atoms with Crippen LogP contribution in [0.1, 0.15) is 80.6 Å². The highest BCUT2D eigenvalue weighted by atomic mass is 35.5. The first kappa shape index (κ1) is 34.5. The molecule has 0 saturated carbocycles. The van der Waals surface area contributed by atoms with E-state index in [1.165, 1.54) is 44.1 Å². The number of carbonyl (C=O) groups is 2. The van der Waals surface area contributed by atoms with Crippen molar-refractivity contribution in [1.82, 2.24) is 5.32 Å². The number of carboxylic acids is 1. The van der Waals surface area contributed by atoms with Crippen molar-refractivity contribution < 1.29 is 27.9 Å². The maximum atomic E-state index is 13.3. The van der Waals surface area contributed by atoms with Gasteiger partial charge in [-0.15, -0.1) is 0 Å². The Labute approximate surface area is 244 Å². The second kappa shape index (κ2) is 17.3. The van der Waals surface area contributed by atoms with E-state index >= 15 is 0 Å². The van der Waals surface area contributed by atoms with E-state index < -0.39 is 18.2 Å². The van der Waals surface area contributed by atoms with Crippen LogP contribution in [0.2, 0.25) is 5.02 Å². The summed E-state index contributed by atoms with van der Waals surface area (Å²) in [6.45, 7) is 4.58. The highest BCUT2D eigenvalue weighted by Crippen LogP contribution is 2.38. The zero-order valence-electron chi connectivity index (χ0n) is 23.5. The molecule has 0 aromatic heterocycles. The zero-order valence-corrected chi connectivity index (χ0v) is 24.3. The van der Waals surface area contributed by atoms with Gasteiger partial charge in [-0.1, -0.05) is 99.5 Å². The quantitative estimate of drug-likeness (QED) is 0.0827. The van der Waals surface area contributed by atoms with Gasteiger partial charge in [0.05, 0.1) is 11.1 Å². The molecule has 3 aromatic carbocycles. The summed E-state index contributed by atoms with van der Waals surface area (Å²) >= 11 is 6.94. The Hall–Kier alpha value is -2.72. The van der Waals surface area contributed by atoms with E-state index in [9.17, 15) is 18.0 Å². The highest BCUT2D eigenvalue weighted by Gasteiger charge is 2.38. The van der Waals surface area contributed by atoms with Crippen LogP contribution in [0, 0.1) is 0 Å². The molecule has 0 unspecified atom stereocenters. The molecule has 0 saturated heterocycles. The number of rotatable bonds is 15. The van der Waals surface area contributed by atoms with Crippen LogP contribution in [0.15, 0.2) is 42.5 Å². The van der Waals surface area contributed by atoms with Crippen molar-refractivity contribution in [1.29, 1.82) is 0 Å². The molecular weight excluding hydrogens is 555 g/mol. The summed E-state index contributed by atoms with van der Waals surface area (Å²) in [5.41, 5.74) is 13.7. The van der Waals surface area contributed by atoms with Crippen molar-refractivity contribution in [3.63, 3.8) is 0 Å². The van der Waals surface area contributed by atoms with E-state index in [1.807, 2.05) is 30.3 Å². The second-order valence-corrected chi connectivity index (χ2v) is 10.4. The monoisotopic (exact) mass is 595 g/mol. The van der Waals surface area contributed by atoms with Gasteiger partial charge in [0.1, 0.15) is 0 Å². The van der Waals surface area contributed by atoms with Crippen molar-refractivity contribution >= 4 is 44.9 Å². The minimum absolute atomic E-state index is 0.0502. The Morgan fingerprint density at radius 3 is 2.17 bits per heavy atom. The number of hydrogen-bond donors (Lipinski definition) is 4. The van der Waals surface area contributed by atoms with E-state index in [1.54, 1.807) is 0 Å². The predicted molar refractivity (Wildman–Crippen MR) is 160 cm³/mol. The molecule has 0 aliphatic carbocycles. The first-order valence-electron chi connectivity index (χ1n) is 14.2. The fourth-order valence-electron chi connectivity index (χ4n) is 4.74. The number of hydrogen-bond acceptors (Lipinski definition) is 5. The third-order valence-electron chi connectivity index (χ3n) is 6.92. The number of fused-ring (bicyclic) bond motifs is 2. The second-order valence-electron chi connectivity index (χ2n) is 10.1. The molecule has 0 aliphatic heterocycles. The van der Waals surface area contributed by atoms with Crippen LogP contribution >= 0.6 is 11.6 Å². The van der Waals surface area contributed by atoms with Crippen molar-refractivity contribution in [2.24, 2.45) is 11.5 Å². The van der Waals surface area contributed by atoms with Crippen molar-refractivity contribution in [2.45, 2.75) is 83.5 Å². The van der Waals surface area contributed by atoms with Gasteiger partial charge in [0.15, 0.2) is 5.78 Å². The van der Waals surface area contributed by atoms with Gasteiger partial charge in [-0.3, -0.25) is 4.79 Å². The van der Waals surface area contributed by atoms with Gasteiger partial charge in [0.25, 0.3) is 0 Å². The Kier molecular flexibility index (Phi) is 14.5. The zero-order chi connectivity index (χ0) is 30.4. The summed E-state index contributed by atoms with van der Waals surface area (Å²) < 4.78 is 31.7. The van der Waals surface area contributed by atoms with E-state index in [0.29, 0.717) is 23.6 Å². The van der Waals surface area contributed by atoms with E-state index in [2.05, 4.69) is 24.4 Å². The van der Waals surface area contributed by atoms with Gasteiger partial charge in [-0.05, 0) is 48.7 Å². The van der Waals surface area contributed by atoms with Crippen LogP contribution in [-0.4, -0.2) is 42.2 Å². The lowest BCUT2D eigenvalue weighted by Gasteiger charge is -2.18. The summed E-state index contributed by atoms with van der Waals surface area (Å²) in [6, 6.07) is 13.5. The third kappa shape index (κ3) is 10.3. The number of halogens is 4.